The first-order valence-electron chi connectivity index (χ1n) is 7.22. The number of para-hydroxylation sites is 1. The van der Waals surface area contributed by atoms with Gasteiger partial charge in [-0.1, -0.05) is 30.0 Å². The summed E-state index contributed by atoms with van der Waals surface area (Å²) in [5.41, 5.74) is 1.04. The smallest absolute Gasteiger partial charge is 0.195 e. The van der Waals surface area contributed by atoms with Gasteiger partial charge in [-0.2, -0.15) is 0 Å². The van der Waals surface area contributed by atoms with E-state index in [1.807, 2.05) is 41.8 Å². The van der Waals surface area contributed by atoms with Crippen LogP contribution in [0.5, 0.6) is 5.75 Å². The Morgan fingerprint density at radius 3 is 2.52 bits per heavy atom. The number of rotatable bonds is 6. The Morgan fingerprint density at radius 2 is 1.78 bits per heavy atom. The zero-order chi connectivity index (χ0) is 16.1. The maximum absolute atomic E-state index is 12.8. The molecule has 0 saturated heterocycles. The van der Waals surface area contributed by atoms with Crippen molar-refractivity contribution in [3.63, 3.8) is 0 Å². The average Bonchev–Trinajstić information content (AvgIpc) is 2.95. The normalized spacial score (nSPS) is 10.7. The van der Waals surface area contributed by atoms with Crippen molar-refractivity contribution < 1.29 is 9.13 Å². The number of halogens is 1. The van der Waals surface area contributed by atoms with Gasteiger partial charge in [-0.25, -0.2) is 4.39 Å². The number of hydrogen-bond donors (Lipinski definition) is 0. The van der Waals surface area contributed by atoms with Crippen molar-refractivity contribution in [2.45, 2.75) is 12.1 Å². The molecule has 0 spiro atoms. The summed E-state index contributed by atoms with van der Waals surface area (Å²) in [7, 11) is 0. The summed E-state index contributed by atoms with van der Waals surface area (Å²) < 4.78 is 20.4. The fourth-order valence-corrected chi connectivity index (χ4v) is 2.95. The van der Waals surface area contributed by atoms with E-state index in [0.717, 1.165) is 22.4 Å². The van der Waals surface area contributed by atoms with Crippen molar-refractivity contribution in [1.29, 1.82) is 0 Å². The molecule has 0 N–H and O–H groups in total. The number of thioether (sulfide) groups is 1. The molecule has 0 fully saturated rings. The highest BCUT2D eigenvalue weighted by Gasteiger charge is 2.10. The van der Waals surface area contributed by atoms with Gasteiger partial charge in [-0.05, 0) is 43.3 Å². The van der Waals surface area contributed by atoms with Crippen LogP contribution in [0.25, 0.3) is 5.69 Å². The number of aromatic nitrogens is 3. The number of benzene rings is 2. The molecule has 0 atom stereocenters. The Kier molecular flexibility index (Phi) is 4.92. The van der Waals surface area contributed by atoms with Crippen molar-refractivity contribution in [1.82, 2.24) is 14.8 Å². The fourth-order valence-electron chi connectivity index (χ4n) is 2.13. The zero-order valence-electron chi connectivity index (χ0n) is 12.6. The van der Waals surface area contributed by atoms with Crippen LogP contribution in [0.15, 0.2) is 59.8 Å². The second kappa shape index (κ2) is 7.28. The molecule has 6 heteroatoms. The molecule has 3 rings (SSSR count). The Balaban J connectivity index is 1.60. The van der Waals surface area contributed by atoms with Crippen molar-refractivity contribution in [3.05, 3.63) is 66.2 Å². The second-order valence-corrected chi connectivity index (χ2v) is 5.91. The average molecular weight is 329 g/mol. The molecule has 0 aliphatic carbocycles. The van der Waals surface area contributed by atoms with Crippen LogP contribution in [-0.2, 0) is 0 Å². The van der Waals surface area contributed by atoms with Crippen LogP contribution in [-0.4, -0.2) is 27.1 Å². The summed E-state index contributed by atoms with van der Waals surface area (Å²) in [5.74, 6) is 1.96. The lowest BCUT2D eigenvalue weighted by molar-refractivity contribution is 0.343. The zero-order valence-corrected chi connectivity index (χ0v) is 13.5. The fraction of sp³-hybridized carbons (Fsp3) is 0.176. The highest BCUT2D eigenvalue weighted by Crippen LogP contribution is 2.21. The van der Waals surface area contributed by atoms with Crippen LogP contribution in [0, 0.1) is 12.7 Å². The van der Waals surface area contributed by atoms with E-state index in [4.69, 9.17) is 4.74 Å². The highest BCUT2D eigenvalue weighted by atomic mass is 32.2. The predicted molar refractivity (Wildman–Crippen MR) is 88.7 cm³/mol. The van der Waals surface area contributed by atoms with Crippen LogP contribution in [0.1, 0.15) is 5.82 Å². The highest BCUT2D eigenvalue weighted by molar-refractivity contribution is 7.99. The molecular formula is C17H16FN3OS. The van der Waals surface area contributed by atoms with Gasteiger partial charge in [0.15, 0.2) is 5.16 Å². The molecule has 0 radical (unpaired) electrons. The van der Waals surface area contributed by atoms with Crippen molar-refractivity contribution in [2.75, 3.05) is 12.4 Å². The maximum atomic E-state index is 12.8. The van der Waals surface area contributed by atoms with Gasteiger partial charge in [0, 0.05) is 11.4 Å². The Bertz CT molecular complexity index is 759. The van der Waals surface area contributed by atoms with Crippen LogP contribution >= 0.6 is 11.8 Å². The Morgan fingerprint density at radius 1 is 1.04 bits per heavy atom. The molecule has 23 heavy (non-hydrogen) atoms. The monoisotopic (exact) mass is 329 g/mol. The third kappa shape index (κ3) is 3.90. The third-order valence-corrected chi connectivity index (χ3v) is 4.10. The van der Waals surface area contributed by atoms with Crippen LogP contribution in [0.3, 0.4) is 0 Å². The molecule has 3 aromatic rings. The standard InChI is InChI=1S/C17H16FN3OS/c1-13-19-20-17(21(13)15-5-3-2-4-6-15)23-12-11-22-16-9-7-14(18)8-10-16/h2-10H,11-12H2,1H3. The molecule has 0 saturated carbocycles. The van der Waals surface area contributed by atoms with E-state index in [9.17, 15) is 4.39 Å². The largest absolute Gasteiger partial charge is 0.493 e. The first-order chi connectivity index (χ1) is 11.2. The van der Waals surface area contributed by atoms with Gasteiger partial charge in [-0.15, -0.1) is 10.2 Å². The molecule has 1 heterocycles. The lowest BCUT2D eigenvalue weighted by Gasteiger charge is -2.09. The van der Waals surface area contributed by atoms with Gasteiger partial charge in [0.25, 0.3) is 0 Å². The summed E-state index contributed by atoms with van der Waals surface area (Å²) in [4.78, 5) is 0. The lowest BCUT2D eigenvalue weighted by Crippen LogP contribution is -2.03. The molecule has 4 nitrogen and oxygen atoms in total. The predicted octanol–water partition coefficient (Wildman–Crippen LogP) is 3.89. The van der Waals surface area contributed by atoms with Gasteiger partial charge in [0.2, 0.25) is 0 Å². The molecule has 118 valence electrons. The van der Waals surface area contributed by atoms with Crippen LogP contribution < -0.4 is 4.74 Å². The summed E-state index contributed by atoms with van der Waals surface area (Å²) >= 11 is 1.58. The molecule has 0 aliphatic heterocycles. The van der Waals surface area contributed by atoms with E-state index in [2.05, 4.69) is 10.2 Å². The second-order valence-electron chi connectivity index (χ2n) is 4.85. The number of hydrogen-bond acceptors (Lipinski definition) is 4. The van der Waals surface area contributed by atoms with Gasteiger partial charge >= 0.3 is 0 Å². The summed E-state index contributed by atoms with van der Waals surface area (Å²) in [5, 5.41) is 9.20. The van der Waals surface area contributed by atoms with E-state index in [-0.39, 0.29) is 5.82 Å². The number of ether oxygens (including phenoxy) is 1. The molecule has 0 aliphatic rings. The van der Waals surface area contributed by atoms with Crippen LogP contribution in [0.2, 0.25) is 0 Å². The van der Waals surface area contributed by atoms with E-state index in [1.54, 1.807) is 23.9 Å². The Hall–Kier alpha value is -2.34. The first-order valence-corrected chi connectivity index (χ1v) is 8.21. The number of aryl methyl sites for hydroxylation is 1. The van der Waals surface area contributed by atoms with Crippen molar-refractivity contribution in [2.24, 2.45) is 0 Å². The van der Waals surface area contributed by atoms with Crippen molar-refractivity contribution >= 4 is 11.8 Å². The van der Waals surface area contributed by atoms with Gasteiger partial charge in [-0.3, -0.25) is 4.57 Å². The van der Waals surface area contributed by atoms with E-state index in [1.165, 1.54) is 12.1 Å². The SMILES string of the molecule is Cc1nnc(SCCOc2ccc(F)cc2)n1-c1ccccc1. The number of nitrogens with zero attached hydrogens (tertiary/aromatic N) is 3. The van der Waals surface area contributed by atoms with Crippen LogP contribution in [0.4, 0.5) is 4.39 Å². The minimum Gasteiger partial charge on any atom is -0.493 e. The van der Waals surface area contributed by atoms with Gasteiger partial charge in [0.1, 0.15) is 17.4 Å². The van der Waals surface area contributed by atoms with Gasteiger partial charge in [0.05, 0.1) is 6.61 Å². The molecule has 2 aromatic carbocycles. The summed E-state index contributed by atoms with van der Waals surface area (Å²) in [6.45, 7) is 2.44. The van der Waals surface area contributed by atoms with Gasteiger partial charge < -0.3 is 4.74 Å². The van der Waals surface area contributed by atoms with E-state index < -0.39 is 0 Å². The Labute approximate surface area is 138 Å². The minimum atomic E-state index is -0.266. The first kappa shape index (κ1) is 15.6. The molecule has 1 aromatic heterocycles. The molecule has 0 bridgehead atoms. The lowest BCUT2D eigenvalue weighted by atomic mass is 10.3. The third-order valence-electron chi connectivity index (χ3n) is 3.21. The molecular weight excluding hydrogens is 313 g/mol. The quantitative estimate of drug-likeness (QED) is 0.508. The van der Waals surface area contributed by atoms with E-state index in [0.29, 0.717) is 12.4 Å². The van der Waals surface area contributed by atoms with Crippen molar-refractivity contribution in [3.8, 4) is 11.4 Å². The topological polar surface area (TPSA) is 39.9 Å². The van der Waals surface area contributed by atoms with E-state index >= 15 is 0 Å². The maximum Gasteiger partial charge on any atom is 0.195 e. The summed E-state index contributed by atoms with van der Waals surface area (Å²) in [6, 6.07) is 16.0. The molecule has 0 amide bonds. The summed E-state index contributed by atoms with van der Waals surface area (Å²) in [6.07, 6.45) is 0. The molecule has 0 unspecified atom stereocenters. The minimum absolute atomic E-state index is 0.266.